The van der Waals surface area contributed by atoms with Gasteiger partial charge in [-0.2, -0.15) is 0 Å². The summed E-state index contributed by atoms with van der Waals surface area (Å²) in [4.78, 5) is 12.7. The first kappa shape index (κ1) is 15.8. The average Bonchev–Trinajstić information content (AvgIpc) is 2.61. The Hall–Kier alpha value is -0.570. The van der Waals surface area contributed by atoms with Gasteiger partial charge in [-0.1, -0.05) is 40.0 Å². The first-order chi connectivity index (χ1) is 9.39. The highest BCUT2D eigenvalue weighted by Gasteiger charge is 2.55. The Morgan fingerprint density at radius 3 is 2.40 bits per heavy atom. The quantitative estimate of drug-likeness (QED) is 0.799. The van der Waals surface area contributed by atoms with E-state index in [0.717, 1.165) is 12.8 Å². The number of esters is 1. The van der Waals surface area contributed by atoms with Crippen LogP contribution in [0.2, 0.25) is 0 Å². The van der Waals surface area contributed by atoms with E-state index in [9.17, 15) is 4.79 Å². The van der Waals surface area contributed by atoms with Gasteiger partial charge in [-0.3, -0.25) is 10.1 Å². The van der Waals surface area contributed by atoms with E-state index in [2.05, 4.69) is 26.1 Å². The van der Waals surface area contributed by atoms with Crippen LogP contribution in [-0.4, -0.2) is 24.2 Å². The van der Waals surface area contributed by atoms with Crippen LogP contribution in [0.5, 0.6) is 0 Å². The molecule has 1 N–H and O–H groups in total. The van der Waals surface area contributed by atoms with Crippen LogP contribution in [0.25, 0.3) is 0 Å². The summed E-state index contributed by atoms with van der Waals surface area (Å²) >= 11 is 0. The molecule has 0 aromatic heterocycles. The summed E-state index contributed by atoms with van der Waals surface area (Å²) in [6.45, 7) is 9.12. The van der Waals surface area contributed by atoms with Crippen LogP contribution in [0.4, 0.5) is 0 Å². The van der Waals surface area contributed by atoms with Crippen LogP contribution in [0.1, 0.15) is 72.6 Å². The van der Waals surface area contributed by atoms with Gasteiger partial charge in [-0.25, -0.2) is 0 Å². The van der Waals surface area contributed by atoms with Gasteiger partial charge >= 0.3 is 5.97 Å². The van der Waals surface area contributed by atoms with E-state index < -0.39 is 5.54 Å². The molecular formula is C17H31NO2. The molecule has 3 heteroatoms. The lowest BCUT2D eigenvalue weighted by molar-refractivity contribution is -0.153. The third kappa shape index (κ3) is 3.19. The molecule has 0 saturated heterocycles. The number of nitrogens with one attached hydrogen (secondary N) is 1. The lowest BCUT2D eigenvalue weighted by Crippen LogP contribution is -2.59. The Kier molecular flexibility index (Phi) is 4.78. The molecule has 2 saturated carbocycles. The fraction of sp³-hybridized carbons (Fsp3) is 0.941. The average molecular weight is 281 g/mol. The predicted molar refractivity (Wildman–Crippen MR) is 81.6 cm³/mol. The second kappa shape index (κ2) is 6.05. The number of hydrogen-bond donors (Lipinski definition) is 1. The van der Waals surface area contributed by atoms with Crippen molar-refractivity contribution in [3.63, 3.8) is 0 Å². The second-order valence-corrected chi connectivity index (χ2v) is 7.62. The Labute approximate surface area is 123 Å². The normalized spacial score (nSPS) is 34.1. The van der Waals surface area contributed by atoms with E-state index in [4.69, 9.17) is 4.74 Å². The molecule has 2 aliphatic carbocycles. The lowest BCUT2D eigenvalue weighted by atomic mass is 9.83. The van der Waals surface area contributed by atoms with E-state index in [1.807, 2.05) is 6.92 Å². The fourth-order valence-electron chi connectivity index (χ4n) is 4.40. The van der Waals surface area contributed by atoms with Crippen molar-refractivity contribution < 1.29 is 9.53 Å². The molecule has 0 aromatic rings. The van der Waals surface area contributed by atoms with Crippen molar-refractivity contribution in [1.82, 2.24) is 5.32 Å². The molecule has 0 spiro atoms. The fourth-order valence-corrected chi connectivity index (χ4v) is 4.40. The molecular weight excluding hydrogens is 250 g/mol. The summed E-state index contributed by atoms with van der Waals surface area (Å²) in [6, 6.07) is 0.490. The minimum absolute atomic E-state index is 0.0244. The van der Waals surface area contributed by atoms with Crippen LogP contribution >= 0.6 is 0 Å². The van der Waals surface area contributed by atoms with Gasteiger partial charge in [0.05, 0.1) is 6.61 Å². The molecule has 2 aliphatic rings. The molecule has 2 rings (SSSR count). The molecule has 3 nitrogen and oxygen atoms in total. The van der Waals surface area contributed by atoms with E-state index in [1.54, 1.807) is 0 Å². The minimum Gasteiger partial charge on any atom is -0.465 e. The smallest absolute Gasteiger partial charge is 0.326 e. The van der Waals surface area contributed by atoms with Crippen LogP contribution in [0.3, 0.4) is 0 Å². The summed E-state index contributed by atoms with van der Waals surface area (Å²) in [6.07, 6.45) is 8.30. The molecule has 20 heavy (non-hydrogen) atoms. The van der Waals surface area contributed by atoms with Crippen molar-refractivity contribution in [3.05, 3.63) is 0 Å². The zero-order valence-electron chi connectivity index (χ0n) is 13.6. The highest BCUT2D eigenvalue weighted by atomic mass is 16.5. The van der Waals surface area contributed by atoms with Crippen molar-refractivity contribution in [2.75, 3.05) is 6.61 Å². The third-order valence-electron chi connectivity index (χ3n) is 5.16. The van der Waals surface area contributed by atoms with Crippen molar-refractivity contribution in [1.29, 1.82) is 0 Å². The molecule has 2 unspecified atom stereocenters. The maximum atomic E-state index is 12.7. The topological polar surface area (TPSA) is 38.3 Å². The molecule has 2 fully saturated rings. The molecule has 0 aliphatic heterocycles. The highest BCUT2D eigenvalue weighted by Crippen LogP contribution is 2.48. The van der Waals surface area contributed by atoms with Gasteiger partial charge in [0.15, 0.2) is 0 Å². The summed E-state index contributed by atoms with van der Waals surface area (Å²) in [7, 11) is 0. The van der Waals surface area contributed by atoms with Crippen molar-refractivity contribution in [3.8, 4) is 0 Å². The maximum Gasteiger partial charge on any atom is 0.326 e. The molecule has 116 valence electrons. The molecule has 0 heterocycles. The highest BCUT2D eigenvalue weighted by molar-refractivity contribution is 5.82. The predicted octanol–water partition coefficient (Wildman–Crippen LogP) is 3.67. The number of hydrogen-bond acceptors (Lipinski definition) is 3. The zero-order valence-corrected chi connectivity index (χ0v) is 13.6. The van der Waals surface area contributed by atoms with Crippen LogP contribution in [0.15, 0.2) is 0 Å². The van der Waals surface area contributed by atoms with E-state index in [0.29, 0.717) is 18.6 Å². The lowest BCUT2D eigenvalue weighted by Gasteiger charge is -2.38. The number of rotatable bonds is 4. The Morgan fingerprint density at radius 1 is 1.25 bits per heavy atom. The van der Waals surface area contributed by atoms with E-state index in [1.165, 1.54) is 32.1 Å². The van der Waals surface area contributed by atoms with Gasteiger partial charge in [-0.05, 0) is 43.9 Å². The van der Waals surface area contributed by atoms with Crippen LogP contribution in [-0.2, 0) is 9.53 Å². The first-order valence-electron chi connectivity index (χ1n) is 8.34. The standard InChI is InChI=1S/C17H31NO2/c1-5-20-15(19)17(12-16(3,4)11-13(17)2)18-14-9-7-6-8-10-14/h13-14,18H,5-12H2,1-4H3. The SMILES string of the molecule is CCOC(=O)C1(NC2CCCCC2)CC(C)(C)CC1C. The van der Waals surface area contributed by atoms with Crippen molar-refractivity contribution in [2.24, 2.45) is 11.3 Å². The summed E-state index contributed by atoms with van der Waals surface area (Å²) in [5.74, 6) is 0.321. The number of carbonyl (C=O) groups excluding carboxylic acids is 1. The first-order valence-corrected chi connectivity index (χ1v) is 8.34. The molecule has 0 radical (unpaired) electrons. The van der Waals surface area contributed by atoms with Crippen molar-refractivity contribution >= 4 is 5.97 Å². The molecule has 0 bridgehead atoms. The van der Waals surface area contributed by atoms with Gasteiger partial charge in [0.2, 0.25) is 0 Å². The largest absolute Gasteiger partial charge is 0.465 e. The molecule has 0 amide bonds. The summed E-state index contributed by atoms with van der Waals surface area (Å²) in [5, 5.41) is 3.75. The minimum atomic E-state index is -0.457. The van der Waals surface area contributed by atoms with Gasteiger partial charge in [0.25, 0.3) is 0 Å². The van der Waals surface area contributed by atoms with Gasteiger partial charge in [-0.15, -0.1) is 0 Å². The molecule has 2 atom stereocenters. The second-order valence-electron chi connectivity index (χ2n) is 7.62. The van der Waals surface area contributed by atoms with Gasteiger partial charge < -0.3 is 4.74 Å². The maximum absolute atomic E-state index is 12.7. The zero-order chi connectivity index (χ0) is 14.8. The summed E-state index contributed by atoms with van der Waals surface area (Å²) < 4.78 is 5.43. The monoisotopic (exact) mass is 281 g/mol. The third-order valence-corrected chi connectivity index (χ3v) is 5.16. The van der Waals surface area contributed by atoms with Crippen molar-refractivity contribution in [2.45, 2.75) is 84.2 Å². The van der Waals surface area contributed by atoms with E-state index >= 15 is 0 Å². The Balaban J connectivity index is 2.17. The summed E-state index contributed by atoms with van der Waals surface area (Å²) in [5.41, 5.74) is -0.241. The number of carbonyl (C=O) groups is 1. The van der Waals surface area contributed by atoms with Gasteiger partial charge in [0, 0.05) is 6.04 Å². The van der Waals surface area contributed by atoms with Gasteiger partial charge in [0.1, 0.15) is 5.54 Å². The van der Waals surface area contributed by atoms with Crippen LogP contribution < -0.4 is 5.32 Å². The Bertz CT molecular complexity index is 347. The van der Waals surface area contributed by atoms with Crippen LogP contribution in [0, 0.1) is 11.3 Å². The number of ether oxygens (including phenoxy) is 1. The Morgan fingerprint density at radius 2 is 1.90 bits per heavy atom. The van der Waals surface area contributed by atoms with E-state index in [-0.39, 0.29) is 11.4 Å². The molecule has 0 aromatic carbocycles.